The average Bonchev–Trinajstić information content (AvgIpc) is 2.68. The third-order valence-corrected chi connectivity index (χ3v) is 5.80. The van der Waals surface area contributed by atoms with Crippen molar-refractivity contribution in [3.8, 4) is 0 Å². The van der Waals surface area contributed by atoms with Crippen LogP contribution in [0, 0.1) is 0 Å². The van der Waals surface area contributed by atoms with Crippen LogP contribution in [0.15, 0.2) is 52.2 Å². The van der Waals surface area contributed by atoms with E-state index in [4.69, 9.17) is 23.2 Å². The molecule has 3 rings (SSSR count). The zero-order chi connectivity index (χ0) is 20.8. The van der Waals surface area contributed by atoms with Crippen LogP contribution in [0.25, 0.3) is 10.9 Å². The molecule has 1 N–H and O–H groups in total. The number of carbonyl (C=O) groups excluding carboxylic acids is 1. The number of fused-ring (bicyclic) bond motifs is 1. The van der Waals surface area contributed by atoms with Crippen LogP contribution in [0.3, 0.4) is 0 Å². The Bertz CT molecular complexity index is 1050. The highest BCUT2D eigenvalue weighted by Crippen LogP contribution is 2.21. The van der Waals surface area contributed by atoms with Crippen molar-refractivity contribution in [3.05, 3.63) is 68.7 Å². The number of hydrogen-bond acceptors (Lipinski definition) is 4. The molecule has 0 saturated heterocycles. The summed E-state index contributed by atoms with van der Waals surface area (Å²) in [6.45, 7) is 2.87. The van der Waals surface area contributed by atoms with Gasteiger partial charge in [-0.2, -0.15) is 0 Å². The number of carbonyl (C=O) groups is 1. The summed E-state index contributed by atoms with van der Waals surface area (Å²) in [4.78, 5) is 35.1. The van der Waals surface area contributed by atoms with E-state index in [0.29, 0.717) is 45.5 Å². The summed E-state index contributed by atoms with van der Waals surface area (Å²) < 4.78 is 0. The summed E-state index contributed by atoms with van der Waals surface area (Å²) in [6, 6.07) is 12.5. The topological polar surface area (TPSA) is 66.1 Å². The van der Waals surface area contributed by atoms with Crippen molar-refractivity contribution >= 4 is 51.8 Å². The highest BCUT2D eigenvalue weighted by molar-refractivity contribution is 7.99. The molecule has 0 unspecified atom stereocenters. The predicted octanol–water partition coefficient (Wildman–Crippen LogP) is 5.15. The van der Waals surface area contributed by atoms with E-state index in [2.05, 4.69) is 9.97 Å². The minimum atomic E-state index is -0.233. The summed E-state index contributed by atoms with van der Waals surface area (Å²) in [7, 11) is 0. The van der Waals surface area contributed by atoms with Crippen LogP contribution in [0.1, 0.15) is 25.6 Å². The molecule has 5 nitrogen and oxygen atoms in total. The molecule has 152 valence electrons. The lowest BCUT2D eigenvalue weighted by atomic mass is 10.2. The quantitative estimate of drug-likeness (QED) is 0.482. The van der Waals surface area contributed by atoms with Crippen molar-refractivity contribution in [2.75, 3.05) is 12.3 Å². The summed E-state index contributed by atoms with van der Waals surface area (Å²) in [5.41, 5.74) is 0.294. The van der Waals surface area contributed by atoms with Gasteiger partial charge in [0.2, 0.25) is 5.91 Å². The van der Waals surface area contributed by atoms with Gasteiger partial charge in [-0.1, -0.05) is 30.1 Å². The van der Waals surface area contributed by atoms with E-state index in [1.54, 1.807) is 34.9 Å². The van der Waals surface area contributed by atoms with Gasteiger partial charge < -0.3 is 9.88 Å². The molecule has 29 heavy (non-hydrogen) atoms. The standard InChI is InChI=1S/C21H21Cl2N3O2S/c1-2-10-26(20(27)9-11-29-16-6-3-14(22)4-7-16)13-19-24-18-12-15(23)5-8-17(18)21(28)25-19/h3-8,12H,2,9-11,13H2,1H3,(H,24,25,28). The van der Waals surface area contributed by atoms with Crippen LogP contribution in [0.4, 0.5) is 0 Å². The fourth-order valence-corrected chi connectivity index (χ4v) is 4.06. The van der Waals surface area contributed by atoms with E-state index >= 15 is 0 Å². The number of rotatable bonds is 8. The molecule has 3 aromatic rings. The average molecular weight is 450 g/mol. The number of nitrogens with one attached hydrogen (secondary N) is 1. The lowest BCUT2D eigenvalue weighted by molar-refractivity contribution is -0.131. The fraction of sp³-hybridized carbons (Fsp3) is 0.286. The second-order valence-electron chi connectivity index (χ2n) is 6.54. The van der Waals surface area contributed by atoms with E-state index in [-0.39, 0.29) is 18.0 Å². The van der Waals surface area contributed by atoms with E-state index in [9.17, 15) is 9.59 Å². The first-order valence-electron chi connectivity index (χ1n) is 9.31. The molecule has 8 heteroatoms. The third kappa shape index (κ3) is 5.98. The van der Waals surface area contributed by atoms with Crippen molar-refractivity contribution in [2.45, 2.75) is 31.2 Å². The second kappa shape index (κ2) is 10.1. The molecule has 0 radical (unpaired) electrons. The number of H-pyrrole nitrogens is 1. The predicted molar refractivity (Wildman–Crippen MR) is 120 cm³/mol. The van der Waals surface area contributed by atoms with E-state index in [1.165, 1.54) is 0 Å². The summed E-state index contributed by atoms with van der Waals surface area (Å²) >= 11 is 13.5. The first kappa shape index (κ1) is 21.7. The number of hydrogen-bond donors (Lipinski definition) is 1. The van der Waals surface area contributed by atoms with Crippen LogP contribution in [-0.4, -0.2) is 33.1 Å². The summed E-state index contributed by atoms with van der Waals surface area (Å²) in [5, 5.41) is 1.69. The van der Waals surface area contributed by atoms with Crippen molar-refractivity contribution in [2.24, 2.45) is 0 Å². The van der Waals surface area contributed by atoms with Gasteiger partial charge in [0.1, 0.15) is 5.82 Å². The van der Waals surface area contributed by atoms with Crippen molar-refractivity contribution < 1.29 is 4.79 Å². The highest BCUT2D eigenvalue weighted by atomic mass is 35.5. The summed E-state index contributed by atoms with van der Waals surface area (Å²) in [5.74, 6) is 1.15. The molecular formula is C21H21Cl2N3O2S. The Kier molecular flexibility index (Phi) is 7.58. The zero-order valence-electron chi connectivity index (χ0n) is 16.0. The molecule has 0 saturated carbocycles. The Morgan fingerprint density at radius 3 is 2.59 bits per heavy atom. The van der Waals surface area contributed by atoms with Gasteiger partial charge in [-0.15, -0.1) is 11.8 Å². The number of benzene rings is 2. The third-order valence-electron chi connectivity index (χ3n) is 4.30. The van der Waals surface area contributed by atoms with E-state index in [0.717, 1.165) is 11.3 Å². The number of aromatic nitrogens is 2. The smallest absolute Gasteiger partial charge is 0.258 e. The van der Waals surface area contributed by atoms with Crippen LogP contribution in [0.5, 0.6) is 0 Å². The lowest BCUT2D eigenvalue weighted by Gasteiger charge is -2.21. The van der Waals surface area contributed by atoms with Crippen LogP contribution < -0.4 is 5.56 Å². The van der Waals surface area contributed by atoms with Gasteiger partial charge in [0.25, 0.3) is 5.56 Å². The number of halogens is 2. The Morgan fingerprint density at radius 1 is 1.14 bits per heavy atom. The van der Waals surface area contributed by atoms with Crippen LogP contribution >= 0.6 is 35.0 Å². The molecule has 1 amide bonds. The van der Waals surface area contributed by atoms with Crippen LogP contribution in [0.2, 0.25) is 10.0 Å². The van der Waals surface area contributed by atoms with Gasteiger partial charge in [0.15, 0.2) is 0 Å². The molecule has 2 aromatic carbocycles. The van der Waals surface area contributed by atoms with Crippen molar-refractivity contribution in [1.29, 1.82) is 0 Å². The maximum absolute atomic E-state index is 12.7. The molecule has 0 aliphatic carbocycles. The Labute approximate surface area is 183 Å². The maximum Gasteiger partial charge on any atom is 0.258 e. The number of thioether (sulfide) groups is 1. The summed E-state index contributed by atoms with van der Waals surface area (Å²) in [6.07, 6.45) is 1.22. The van der Waals surface area contributed by atoms with Crippen LogP contribution in [-0.2, 0) is 11.3 Å². The number of nitrogens with zero attached hydrogens (tertiary/aromatic N) is 2. The highest BCUT2D eigenvalue weighted by Gasteiger charge is 2.15. The minimum Gasteiger partial charge on any atom is -0.335 e. The lowest BCUT2D eigenvalue weighted by Crippen LogP contribution is -2.33. The first-order valence-corrected chi connectivity index (χ1v) is 11.0. The van der Waals surface area contributed by atoms with E-state index in [1.807, 2.05) is 31.2 Å². The van der Waals surface area contributed by atoms with E-state index < -0.39 is 0 Å². The Hall–Kier alpha value is -2.02. The molecular weight excluding hydrogens is 429 g/mol. The van der Waals surface area contributed by atoms with Gasteiger partial charge in [0.05, 0.1) is 17.4 Å². The number of amides is 1. The van der Waals surface area contributed by atoms with Crippen molar-refractivity contribution in [3.63, 3.8) is 0 Å². The second-order valence-corrected chi connectivity index (χ2v) is 8.58. The molecule has 0 aliphatic rings. The molecule has 0 aliphatic heterocycles. The minimum absolute atomic E-state index is 0.0298. The Morgan fingerprint density at radius 2 is 1.86 bits per heavy atom. The zero-order valence-corrected chi connectivity index (χ0v) is 18.3. The van der Waals surface area contributed by atoms with Gasteiger partial charge >= 0.3 is 0 Å². The molecule has 1 aromatic heterocycles. The maximum atomic E-state index is 12.7. The number of aromatic amines is 1. The molecule has 0 atom stereocenters. The first-order chi connectivity index (χ1) is 14.0. The van der Waals surface area contributed by atoms with Gasteiger partial charge in [0, 0.05) is 33.7 Å². The fourth-order valence-electron chi connectivity index (χ4n) is 2.92. The molecule has 0 bridgehead atoms. The Balaban J connectivity index is 1.67. The van der Waals surface area contributed by atoms with Gasteiger partial charge in [-0.25, -0.2) is 4.98 Å². The SMILES string of the molecule is CCCN(Cc1nc2cc(Cl)ccc2c(=O)[nH]1)C(=O)CCSc1ccc(Cl)cc1. The van der Waals surface area contributed by atoms with Crippen molar-refractivity contribution in [1.82, 2.24) is 14.9 Å². The molecule has 0 spiro atoms. The molecule has 1 heterocycles. The molecule has 0 fully saturated rings. The monoisotopic (exact) mass is 449 g/mol. The van der Waals surface area contributed by atoms with Gasteiger partial charge in [-0.3, -0.25) is 9.59 Å². The normalized spacial score (nSPS) is 11.0. The largest absolute Gasteiger partial charge is 0.335 e. The van der Waals surface area contributed by atoms with Gasteiger partial charge in [-0.05, 0) is 48.9 Å².